The fourth-order valence-corrected chi connectivity index (χ4v) is 4.73. The van der Waals surface area contributed by atoms with Crippen LogP contribution in [-0.2, 0) is 23.7 Å². The predicted molar refractivity (Wildman–Crippen MR) is 136 cm³/mol. The van der Waals surface area contributed by atoms with Gasteiger partial charge in [-0.15, -0.1) is 0 Å². The van der Waals surface area contributed by atoms with Gasteiger partial charge < -0.3 is 14.4 Å². The van der Waals surface area contributed by atoms with E-state index in [2.05, 4.69) is 10.1 Å². The molecule has 2 aromatic carbocycles. The zero-order chi connectivity index (χ0) is 25.6. The first-order valence-corrected chi connectivity index (χ1v) is 11.6. The van der Waals surface area contributed by atoms with Crippen molar-refractivity contribution in [3.05, 3.63) is 77.2 Å². The number of nitrogens with zero attached hydrogens (tertiary/aromatic N) is 4. The van der Waals surface area contributed by atoms with Crippen molar-refractivity contribution in [1.82, 2.24) is 19.7 Å². The molecule has 0 fully saturated rings. The van der Waals surface area contributed by atoms with Crippen molar-refractivity contribution in [2.75, 3.05) is 20.3 Å². The Kier molecular flexibility index (Phi) is 6.04. The number of fused-ring (bicyclic) bond motifs is 2. The molecule has 36 heavy (non-hydrogen) atoms. The monoisotopic (exact) mass is 488 g/mol. The van der Waals surface area contributed by atoms with Gasteiger partial charge in [0.05, 0.1) is 24.4 Å². The molecule has 11 heteroatoms. The van der Waals surface area contributed by atoms with E-state index in [-0.39, 0.29) is 18.0 Å². The number of hydrogen-bond donors (Lipinski definition) is 0. The average Bonchev–Trinajstić information content (AvgIpc) is 3.32. The van der Waals surface area contributed by atoms with Crippen LogP contribution in [0.3, 0.4) is 0 Å². The summed E-state index contributed by atoms with van der Waals surface area (Å²) in [6.07, 6.45) is 3.40. The summed E-state index contributed by atoms with van der Waals surface area (Å²) < 4.78 is 43.2. The van der Waals surface area contributed by atoms with Crippen LogP contribution in [-0.4, -0.2) is 61.6 Å². The molecule has 0 bridgehead atoms. The predicted octanol–water partition coefficient (Wildman–Crippen LogP) is 1.97. The molecule has 7 nitrogen and oxygen atoms in total. The molecule has 0 saturated carbocycles. The van der Waals surface area contributed by atoms with Crippen LogP contribution in [0.15, 0.2) is 48.8 Å². The fraction of sp³-hybridized carbons (Fsp3) is 0.240. The van der Waals surface area contributed by atoms with Gasteiger partial charge in [0, 0.05) is 42.8 Å². The third-order valence-corrected chi connectivity index (χ3v) is 6.60. The fourth-order valence-electron chi connectivity index (χ4n) is 4.73. The third-order valence-electron chi connectivity index (χ3n) is 6.60. The molecule has 0 N–H and O–H groups in total. The maximum atomic E-state index is 15.4. The standard InChI is InChI=1S/C25H24B2F2N4O3/c1-32-12-17-15(5-6-21(22(17)31-32)36-9-8-35-2)14-10-19(28)18(20(29)11-14)13-33-24(34)16-4-3-7-30-23(16)25(33,26)27/h3-7,10-12H,8-9,13,26-27H2,1-2H3. The highest BCUT2D eigenvalue weighted by Gasteiger charge is 2.44. The van der Waals surface area contributed by atoms with Gasteiger partial charge in [-0.1, -0.05) is 0 Å². The van der Waals surface area contributed by atoms with E-state index >= 15 is 8.78 Å². The molecule has 1 aliphatic heterocycles. The largest absolute Gasteiger partial charge is 0.489 e. The quantitative estimate of drug-likeness (QED) is 0.294. The second kappa shape index (κ2) is 9.05. The Labute approximate surface area is 208 Å². The molecular weight excluding hydrogens is 464 g/mol. The lowest BCUT2D eigenvalue weighted by Gasteiger charge is -2.32. The lowest BCUT2D eigenvalue weighted by Crippen LogP contribution is -2.45. The molecule has 1 amide bonds. The molecule has 4 aromatic rings. The Morgan fingerprint density at radius 1 is 1.08 bits per heavy atom. The molecule has 0 unspecified atom stereocenters. The van der Waals surface area contributed by atoms with Crippen LogP contribution in [0.5, 0.6) is 5.75 Å². The first kappa shape index (κ1) is 24.0. The number of ether oxygens (including phenoxy) is 2. The zero-order valence-electron chi connectivity index (χ0n) is 20.5. The summed E-state index contributed by atoms with van der Waals surface area (Å²) in [7, 11) is 7.01. The van der Waals surface area contributed by atoms with Crippen molar-refractivity contribution in [1.29, 1.82) is 0 Å². The second-order valence-corrected chi connectivity index (χ2v) is 9.29. The van der Waals surface area contributed by atoms with E-state index in [1.54, 1.807) is 55.5 Å². The minimum atomic E-state index is -0.800. The number of halogens is 2. The molecule has 182 valence electrons. The lowest BCUT2D eigenvalue weighted by molar-refractivity contribution is 0.0727. The summed E-state index contributed by atoms with van der Waals surface area (Å²) >= 11 is 0. The lowest BCUT2D eigenvalue weighted by atomic mass is 9.59. The average molecular weight is 488 g/mol. The highest BCUT2D eigenvalue weighted by atomic mass is 19.1. The molecule has 0 radical (unpaired) electrons. The Bertz CT molecular complexity index is 1470. The van der Waals surface area contributed by atoms with Gasteiger partial charge in [0.15, 0.2) is 0 Å². The first-order chi connectivity index (χ1) is 17.2. The summed E-state index contributed by atoms with van der Waals surface area (Å²) in [6.45, 7) is 0.560. The number of carbonyl (C=O) groups excluding carboxylic acids is 1. The number of benzene rings is 2. The van der Waals surface area contributed by atoms with Gasteiger partial charge in [0.1, 0.15) is 45.2 Å². The van der Waals surface area contributed by atoms with E-state index in [1.165, 1.54) is 17.0 Å². The third kappa shape index (κ3) is 3.93. The van der Waals surface area contributed by atoms with E-state index in [9.17, 15) is 4.79 Å². The van der Waals surface area contributed by atoms with Crippen LogP contribution in [0.1, 0.15) is 21.6 Å². The van der Waals surface area contributed by atoms with Gasteiger partial charge in [-0.2, -0.15) is 5.10 Å². The summed E-state index contributed by atoms with van der Waals surface area (Å²) in [4.78, 5) is 18.8. The summed E-state index contributed by atoms with van der Waals surface area (Å²) in [6, 6.07) is 9.45. The summed E-state index contributed by atoms with van der Waals surface area (Å²) in [5, 5.41) is 4.37. The zero-order valence-corrected chi connectivity index (χ0v) is 20.5. The van der Waals surface area contributed by atoms with Crippen LogP contribution in [0, 0.1) is 11.6 Å². The van der Waals surface area contributed by atoms with Crippen molar-refractivity contribution in [2.24, 2.45) is 7.05 Å². The molecule has 0 aliphatic carbocycles. The summed E-state index contributed by atoms with van der Waals surface area (Å²) in [5.41, 5.74) is 2.45. The molecule has 0 saturated heterocycles. The van der Waals surface area contributed by atoms with Crippen LogP contribution in [0.2, 0.25) is 0 Å². The SMILES string of the molecule is BC1(B)c2ncccc2C(=O)N1Cc1c(F)cc(-c2ccc(OCCOC)c3nn(C)cc23)cc1F. The Balaban J connectivity index is 1.50. The molecule has 0 spiro atoms. The van der Waals surface area contributed by atoms with Crippen LogP contribution < -0.4 is 4.74 Å². The van der Waals surface area contributed by atoms with Crippen LogP contribution >= 0.6 is 0 Å². The normalized spacial score (nSPS) is 14.4. The molecular formula is C25H24B2F2N4O3. The molecule has 1 aliphatic rings. The van der Waals surface area contributed by atoms with Crippen LogP contribution in [0.25, 0.3) is 22.0 Å². The first-order valence-electron chi connectivity index (χ1n) is 11.6. The molecule has 2 aromatic heterocycles. The van der Waals surface area contributed by atoms with E-state index in [4.69, 9.17) is 9.47 Å². The topological polar surface area (TPSA) is 69.5 Å². The number of aryl methyl sites for hydroxylation is 1. The van der Waals surface area contributed by atoms with E-state index in [0.717, 1.165) is 0 Å². The highest BCUT2D eigenvalue weighted by molar-refractivity contribution is 6.42. The Hall–Kier alpha value is -3.72. The molecule has 5 rings (SSSR count). The van der Waals surface area contributed by atoms with Gasteiger partial charge in [-0.25, -0.2) is 8.78 Å². The minimum absolute atomic E-state index is 0.171. The Morgan fingerprint density at radius 2 is 1.83 bits per heavy atom. The van der Waals surface area contributed by atoms with E-state index < -0.39 is 17.0 Å². The number of aromatic nitrogens is 3. The number of methoxy groups -OCH3 is 1. The van der Waals surface area contributed by atoms with Gasteiger partial charge in [-0.05, 0) is 47.5 Å². The maximum absolute atomic E-state index is 15.4. The van der Waals surface area contributed by atoms with Gasteiger partial charge in [0.2, 0.25) is 0 Å². The van der Waals surface area contributed by atoms with Gasteiger partial charge in [-0.3, -0.25) is 14.5 Å². The number of carbonyl (C=O) groups is 1. The number of amides is 1. The van der Waals surface area contributed by atoms with Crippen molar-refractivity contribution in [2.45, 2.75) is 11.9 Å². The number of rotatable bonds is 7. The minimum Gasteiger partial charge on any atom is -0.489 e. The summed E-state index contributed by atoms with van der Waals surface area (Å²) in [5.74, 6) is -1.19. The number of pyridine rings is 1. The highest BCUT2D eigenvalue weighted by Crippen LogP contribution is 2.37. The van der Waals surface area contributed by atoms with Crippen molar-refractivity contribution in [3.63, 3.8) is 0 Å². The van der Waals surface area contributed by atoms with Crippen molar-refractivity contribution >= 4 is 32.5 Å². The molecule has 3 heterocycles. The Morgan fingerprint density at radius 3 is 2.53 bits per heavy atom. The van der Waals surface area contributed by atoms with Gasteiger partial charge in [0.25, 0.3) is 5.91 Å². The van der Waals surface area contributed by atoms with Crippen molar-refractivity contribution in [3.8, 4) is 16.9 Å². The van der Waals surface area contributed by atoms with Gasteiger partial charge >= 0.3 is 0 Å². The van der Waals surface area contributed by atoms with Crippen molar-refractivity contribution < 1.29 is 23.0 Å². The second-order valence-electron chi connectivity index (χ2n) is 9.29. The molecule has 0 atom stereocenters. The number of hydrogen-bond acceptors (Lipinski definition) is 5. The maximum Gasteiger partial charge on any atom is 0.255 e. The van der Waals surface area contributed by atoms with E-state index in [1.807, 2.05) is 15.7 Å². The van der Waals surface area contributed by atoms with E-state index in [0.29, 0.717) is 52.3 Å². The van der Waals surface area contributed by atoms with Crippen LogP contribution in [0.4, 0.5) is 8.78 Å². The smallest absolute Gasteiger partial charge is 0.255 e.